The highest BCUT2D eigenvalue weighted by Crippen LogP contribution is 2.36. The maximum Gasteiger partial charge on any atom is 0.346 e. The summed E-state index contributed by atoms with van der Waals surface area (Å²) in [6.07, 6.45) is 0. The molecular formula is C14H9ClO3S2. The van der Waals surface area contributed by atoms with Crippen molar-refractivity contribution in [2.75, 3.05) is 0 Å². The second kappa shape index (κ2) is 5.44. The van der Waals surface area contributed by atoms with Gasteiger partial charge in [0.25, 0.3) is 0 Å². The van der Waals surface area contributed by atoms with Crippen molar-refractivity contribution in [2.45, 2.75) is 6.61 Å². The number of carboxylic acids is 1. The maximum absolute atomic E-state index is 10.8. The number of halogens is 1. The Kier molecular flexibility index (Phi) is 3.65. The van der Waals surface area contributed by atoms with Crippen LogP contribution >= 0.6 is 34.3 Å². The molecule has 0 amide bonds. The molecule has 6 heteroatoms. The largest absolute Gasteiger partial charge is 0.487 e. The lowest BCUT2D eigenvalue weighted by molar-refractivity contribution is 0.0702. The van der Waals surface area contributed by atoms with E-state index in [2.05, 4.69) is 0 Å². The summed E-state index contributed by atoms with van der Waals surface area (Å²) in [4.78, 5) is 12.0. The molecule has 0 saturated heterocycles. The standard InChI is InChI=1S/C14H9ClO3S2/c15-13-9-3-1-2-4-10(9)20-12(13)6-18-8-5-11(14(16)17)19-7-8/h1-5,7H,6H2,(H,16,17). The van der Waals surface area contributed by atoms with E-state index in [0.29, 0.717) is 17.4 Å². The van der Waals surface area contributed by atoms with Crippen molar-refractivity contribution >= 4 is 50.3 Å². The maximum atomic E-state index is 10.8. The van der Waals surface area contributed by atoms with Crippen LogP contribution in [0.25, 0.3) is 10.1 Å². The van der Waals surface area contributed by atoms with Gasteiger partial charge in [-0.2, -0.15) is 0 Å². The van der Waals surface area contributed by atoms with Gasteiger partial charge >= 0.3 is 5.97 Å². The Balaban J connectivity index is 1.79. The van der Waals surface area contributed by atoms with Gasteiger partial charge < -0.3 is 9.84 Å². The van der Waals surface area contributed by atoms with Crippen LogP contribution < -0.4 is 4.74 Å². The van der Waals surface area contributed by atoms with E-state index in [4.69, 9.17) is 21.4 Å². The van der Waals surface area contributed by atoms with Gasteiger partial charge in [0.2, 0.25) is 0 Å². The first-order chi connectivity index (χ1) is 9.65. The van der Waals surface area contributed by atoms with Crippen molar-refractivity contribution in [1.82, 2.24) is 0 Å². The molecule has 0 aliphatic carbocycles. The number of carboxylic acid groups (broad SMARTS) is 1. The van der Waals surface area contributed by atoms with Crippen LogP contribution in [0.1, 0.15) is 14.5 Å². The molecule has 0 unspecified atom stereocenters. The fourth-order valence-corrected chi connectivity index (χ4v) is 3.88. The first kappa shape index (κ1) is 13.4. The number of aromatic carboxylic acids is 1. The molecule has 20 heavy (non-hydrogen) atoms. The Bertz CT molecular complexity index is 776. The molecule has 3 aromatic rings. The zero-order chi connectivity index (χ0) is 14.1. The summed E-state index contributed by atoms with van der Waals surface area (Å²) >= 11 is 9.05. The van der Waals surface area contributed by atoms with E-state index in [0.717, 1.165) is 26.3 Å². The Morgan fingerprint density at radius 2 is 2.15 bits per heavy atom. The Labute approximate surface area is 128 Å². The topological polar surface area (TPSA) is 46.5 Å². The number of rotatable bonds is 4. The van der Waals surface area contributed by atoms with Crippen molar-refractivity contribution in [3.63, 3.8) is 0 Å². The van der Waals surface area contributed by atoms with E-state index in [9.17, 15) is 4.79 Å². The molecule has 0 atom stereocenters. The number of hydrogen-bond donors (Lipinski definition) is 1. The fourth-order valence-electron chi connectivity index (χ4n) is 1.81. The smallest absolute Gasteiger partial charge is 0.346 e. The van der Waals surface area contributed by atoms with Crippen LogP contribution in [-0.4, -0.2) is 11.1 Å². The van der Waals surface area contributed by atoms with Gasteiger partial charge in [-0.25, -0.2) is 4.79 Å². The predicted octanol–water partition coefficient (Wildman–Crippen LogP) is 4.89. The number of fused-ring (bicyclic) bond motifs is 1. The van der Waals surface area contributed by atoms with Gasteiger partial charge in [0, 0.05) is 21.5 Å². The average Bonchev–Trinajstić information content (AvgIpc) is 3.03. The van der Waals surface area contributed by atoms with Gasteiger partial charge in [-0.1, -0.05) is 29.8 Å². The molecular weight excluding hydrogens is 316 g/mol. The first-order valence-electron chi connectivity index (χ1n) is 5.75. The van der Waals surface area contributed by atoms with Gasteiger partial charge in [-0.05, 0) is 6.07 Å². The monoisotopic (exact) mass is 324 g/mol. The van der Waals surface area contributed by atoms with E-state index in [1.807, 2.05) is 24.3 Å². The van der Waals surface area contributed by atoms with Crippen molar-refractivity contribution in [3.05, 3.63) is 50.5 Å². The molecule has 2 heterocycles. The van der Waals surface area contributed by atoms with Gasteiger partial charge in [-0.15, -0.1) is 22.7 Å². The summed E-state index contributed by atoms with van der Waals surface area (Å²) in [5.41, 5.74) is 0. The van der Waals surface area contributed by atoms with E-state index in [-0.39, 0.29) is 4.88 Å². The highest BCUT2D eigenvalue weighted by Gasteiger charge is 2.12. The molecule has 0 aliphatic heterocycles. The van der Waals surface area contributed by atoms with E-state index >= 15 is 0 Å². The molecule has 0 saturated carbocycles. The first-order valence-corrected chi connectivity index (χ1v) is 7.83. The lowest BCUT2D eigenvalue weighted by Gasteiger charge is -2.01. The highest BCUT2D eigenvalue weighted by molar-refractivity contribution is 7.19. The molecule has 1 N–H and O–H groups in total. The molecule has 0 spiro atoms. The van der Waals surface area contributed by atoms with Crippen molar-refractivity contribution in [3.8, 4) is 5.75 Å². The quantitative estimate of drug-likeness (QED) is 0.743. The predicted molar refractivity (Wildman–Crippen MR) is 82.4 cm³/mol. The second-order valence-electron chi connectivity index (χ2n) is 4.08. The van der Waals surface area contributed by atoms with Crippen LogP contribution in [0, 0.1) is 0 Å². The summed E-state index contributed by atoms with van der Waals surface area (Å²) in [6, 6.07) is 9.43. The summed E-state index contributed by atoms with van der Waals surface area (Å²) in [5.74, 6) is -0.384. The number of ether oxygens (including phenoxy) is 1. The third kappa shape index (κ3) is 2.52. The van der Waals surface area contributed by atoms with Crippen molar-refractivity contribution in [2.24, 2.45) is 0 Å². The van der Waals surface area contributed by atoms with Crippen LogP contribution in [0.3, 0.4) is 0 Å². The summed E-state index contributed by atoms with van der Waals surface area (Å²) in [6.45, 7) is 0.341. The minimum atomic E-state index is -0.940. The summed E-state index contributed by atoms with van der Waals surface area (Å²) in [5, 5.41) is 12.3. The molecule has 2 aromatic heterocycles. The fraction of sp³-hybridized carbons (Fsp3) is 0.0714. The summed E-state index contributed by atoms with van der Waals surface area (Å²) in [7, 11) is 0. The van der Waals surface area contributed by atoms with E-state index < -0.39 is 5.97 Å². The van der Waals surface area contributed by atoms with E-state index in [1.54, 1.807) is 16.7 Å². The average molecular weight is 325 g/mol. The number of carbonyl (C=O) groups is 1. The van der Waals surface area contributed by atoms with Crippen LogP contribution in [0.15, 0.2) is 35.7 Å². The van der Waals surface area contributed by atoms with Crippen LogP contribution in [-0.2, 0) is 6.61 Å². The normalized spacial score (nSPS) is 10.8. The molecule has 0 radical (unpaired) electrons. The van der Waals surface area contributed by atoms with Gasteiger partial charge in [-0.3, -0.25) is 0 Å². The Morgan fingerprint density at radius 1 is 1.35 bits per heavy atom. The molecule has 1 aromatic carbocycles. The van der Waals surface area contributed by atoms with E-state index in [1.165, 1.54) is 6.07 Å². The third-order valence-corrected chi connectivity index (χ3v) is 5.34. The molecule has 0 bridgehead atoms. The van der Waals surface area contributed by atoms with Gasteiger partial charge in [0.1, 0.15) is 17.2 Å². The number of hydrogen-bond acceptors (Lipinski definition) is 4. The third-order valence-electron chi connectivity index (χ3n) is 2.76. The lowest BCUT2D eigenvalue weighted by Crippen LogP contribution is -1.93. The zero-order valence-corrected chi connectivity index (χ0v) is 12.5. The van der Waals surface area contributed by atoms with Crippen molar-refractivity contribution in [1.29, 1.82) is 0 Å². The van der Waals surface area contributed by atoms with Crippen molar-refractivity contribution < 1.29 is 14.6 Å². The minimum absolute atomic E-state index is 0.266. The van der Waals surface area contributed by atoms with Crippen LogP contribution in [0.5, 0.6) is 5.75 Å². The molecule has 3 rings (SSSR count). The zero-order valence-electron chi connectivity index (χ0n) is 10.1. The van der Waals surface area contributed by atoms with Gasteiger partial charge in [0.15, 0.2) is 0 Å². The molecule has 102 valence electrons. The SMILES string of the molecule is O=C(O)c1cc(OCc2sc3ccccc3c2Cl)cs1. The molecule has 0 aliphatic rings. The second-order valence-corrected chi connectivity index (χ2v) is 6.50. The van der Waals surface area contributed by atoms with Crippen LogP contribution in [0.4, 0.5) is 0 Å². The highest BCUT2D eigenvalue weighted by atomic mass is 35.5. The lowest BCUT2D eigenvalue weighted by atomic mass is 10.2. The Morgan fingerprint density at radius 3 is 2.85 bits per heavy atom. The Hall–Kier alpha value is -1.56. The van der Waals surface area contributed by atoms with Gasteiger partial charge in [0.05, 0.1) is 9.90 Å². The van der Waals surface area contributed by atoms with Crippen LogP contribution in [0.2, 0.25) is 5.02 Å². The number of thiophene rings is 2. The summed E-state index contributed by atoms with van der Waals surface area (Å²) < 4.78 is 6.72. The minimum Gasteiger partial charge on any atom is -0.487 e. The molecule has 0 fully saturated rings. The number of benzene rings is 1. The molecule has 3 nitrogen and oxygen atoms in total.